The number of aryl methyl sites for hydroxylation is 1. The van der Waals surface area contributed by atoms with Crippen molar-refractivity contribution in [1.82, 2.24) is 10.2 Å². The summed E-state index contributed by atoms with van der Waals surface area (Å²) < 4.78 is 35.3. The van der Waals surface area contributed by atoms with Gasteiger partial charge in [-0.1, -0.05) is 91.0 Å². The van der Waals surface area contributed by atoms with Crippen LogP contribution in [0.15, 0.2) is 108 Å². The van der Waals surface area contributed by atoms with Crippen molar-refractivity contribution in [1.29, 1.82) is 0 Å². The predicted octanol–water partition coefficient (Wildman–Crippen LogP) is 7.33. The molecule has 1 atom stereocenters. The van der Waals surface area contributed by atoms with E-state index < -0.39 is 28.5 Å². The summed E-state index contributed by atoms with van der Waals surface area (Å²) in [4.78, 5) is 30.5. The Morgan fingerprint density at radius 1 is 0.857 bits per heavy atom. The van der Waals surface area contributed by atoms with Gasteiger partial charge in [-0.05, 0) is 86.3 Å². The molecule has 5 rings (SSSR count). The molecular weight excluding hydrogens is 658 g/mol. The summed E-state index contributed by atoms with van der Waals surface area (Å²) in [6.07, 6.45) is 5.24. The number of halogens is 1. The van der Waals surface area contributed by atoms with Gasteiger partial charge in [-0.2, -0.15) is 0 Å². The molecule has 0 heterocycles. The Bertz CT molecular complexity index is 1780. The van der Waals surface area contributed by atoms with Gasteiger partial charge in [0.05, 0.1) is 17.2 Å². The Labute approximate surface area is 295 Å². The van der Waals surface area contributed by atoms with E-state index in [2.05, 4.69) is 5.32 Å². The Balaban J connectivity index is 1.56. The van der Waals surface area contributed by atoms with Gasteiger partial charge in [0, 0.05) is 24.0 Å². The fraction of sp³-hybridized carbons (Fsp3) is 0.333. The fourth-order valence-electron chi connectivity index (χ4n) is 6.13. The van der Waals surface area contributed by atoms with Crippen molar-refractivity contribution >= 4 is 39.1 Å². The monoisotopic (exact) mass is 701 g/mol. The van der Waals surface area contributed by atoms with Crippen molar-refractivity contribution in [3.63, 3.8) is 0 Å². The molecule has 49 heavy (non-hydrogen) atoms. The summed E-state index contributed by atoms with van der Waals surface area (Å²) in [6, 6.07) is 28.9. The SMILES string of the molecule is CCOc1ccc(N(CC(=O)N(Cc2ccc(Cl)cc2)[C@@H](Cc2ccccc2)C(=O)NC2CCCCC2)S(=O)(=O)c2ccc(C)cc2)cc1. The van der Waals surface area contributed by atoms with Gasteiger partial charge in [0.15, 0.2) is 0 Å². The quantitative estimate of drug-likeness (QED) is 0.149. The van der Waals surface area contributed by atoms with Gasteiger partial charge in [0.2, 0.25) is 11.8 Å². The van der Waals surface area contributed by atoms with Crippen LogP contribution in [0.5, 0.6) is 5.75 Å². The molecule has 4 aromatic carbocycles. The predicted molar refractivity (Wildman–Crippen MR) is 194 cm³/mol. The highest BCUT2D eigenvalue weighted by molar-refractivity contribution is 7.92. The maximum absolute atomic E-state index is 14.7. The minimum Gasteiger partial charge on any atom is -0.494 e. The molecule has 4 aromatic rings. The topological polar surface area (TPSA) is 96.0 Å². The molecule has 0 aliphatic heterocycles. The van der Waals surface area contributed by atoms with Crippen molar-refractivity contribution in [2.75, 3.05) is 17.5 Å². The van der Waals surface area contributed by atoms with Gasteiger partial charge in [0.25, 0.3) is 10.0 Å². The molecule has 1 fully saturated rings. The van der Waals surface area contributed by atoms with Crippen molar-refractivity contribution in [3.05, 3.63) is 125 Å². The van der Waals surface area contributed by atoms with Gasteiger partial charge in [-0.15, -0.1) is 0 Å². The van der Waals surface area contributed by atoms with Crippen LogP contribution in [-0.4, -0.2) is 50.4 Å². The second kappa shape index (κ2) is 16.9. The van der Waals surface area contributed by atoms with E-state index in [1.54, 1.807) is 48.5 Å². The van der Waals surface area contributed by atoms with Gasteiger partial charge >= 0.3 is 0 Å². The highest BCUT2D eigenvalue weighted by Crippen LogP contribution is 2.28. The van der Waals surface area contributed by atoms with Crippen LogP contribution in [0, 0.1) is 6.92 Å². The molecule has 1 aliphatic carbocycles. The summed E-state index contributed by atoms with van der Waals surface area (Å²) in [6.45, 7) is 3.75. The second-order valence-corrected chi connectivity index (χ2v) is 14.7. The lowest BCUT2D eigenvalue weighted by Gasteiger charge is -2.35. The smallest absolute Gasteiger partial charge is 0.264 e. The van der Waals surface area contributed by atoms with Crippen molar-refractivity contribution in [2.45, 2.75) is 75.9 Å². The Kier molecular flexibility index (Phi) is 12.4. The average molecular weight is 702 g/mol. The Hall–Kier alpha value is -4.34. The van der Waals surface area contributed by atoms with E-state index >= 15 is 0 Å². The first kappa shape index (κ1) is 36.0. The highest BCUT2D eigenvalue weighted by Gasteiger charge is 2.35. The first-order valence-corrected chi connectivity index (χ1v) is 18.7. The standard InChI is InChI=1S/C39H44ClN3O5S/c1-3-48-35-22-20-34(21-23-35)43(49(46,47)36-24-14-29(2)15-25-36)28-38(44)42(27-31-16-18-32(40)19-17-31)37(26-30-10-6-4-7-11-30)39(45)41-33-12-8-5-9-13-33/h4,6-7,10-11,14-25,33,37H,3,5,8-9,12-13,26-28H2,1-2H3,(H,41,45)/t37-/m0/s1. The molecule has 258 valence electrons. The third kappa shape index (κ3) is 9.64. The number of nitrogens with one attached hydrogen (secondary N) is 1. The summed E-state index contributed by atoms with van der Waals surface area (Å²) in [5.74, 6) is -0.191. The minimum absolute atomic E-state index is 0.0225. The number of sulfonamides is 1. The van der Waals surface area contributed by atoms with Crippen molar-refractivity contribution < 1.29 is 22.7 Å². The zero-order valence-corrected chi connectivity index (χ0v) is 29.6. The van der Waals surface area contributed by atoms with E-state index in [0.717, 1.165) is 53.1 Å². The van der Waals surface area contributed by atoms with Crippen LogP contribution in [0.3, 0.4) is 0 Å². The van der Waals surface area contributed by atoms with Crippen LogP contribution in [0.4, 0.5) is 5.69 Å². The molecule has 0 saturated heterocycles. The van der Waals surface area contributed by atoms with Crippen LogP contribution < -0.4 is 14.4 Å². The largest absolute Gasteiger partial charge is 0.494 e. The maximum atomic E-state index is 14.7. The van der Waals surface area contributed by atoms with Crippen LogP contribution in [-0.2, 0) is 32.6 Å². The van der Waals surface area contributed by atoms with E-state index in [0.29, 0.717) is 23.1 Å². The van der Waals surface area contributed by atoms with Gasteiger partial charge in [-0.25, -0.2) is 8.42 Å². The number of hydrogen-bond acceptors (Lipinski definition) is 5. The number of rotatable bonds is 14. The molecule has 0 unspecified atom stereocenters. The average Bonchev–Trinajstić information content (AvgIpc) is 3.11. The zero-order valence-electron chi connectivity index (χ0n) is 28.1. The molecule has 0 bridgehead atoms. The van der Waals surface area contributed by atoms with Gasteiger partial charge in [0.1, 0.15) is 18.3 Å². The number of benzene rings is 4. The lowest BCUT2D eigenvalue weighted by molar-refractivity contribution is -0.140. The molecule has 1 saturated carbocycles. The van der Waals surface area contributed by atoms with Crippen LogP contribution >= 0.6 is 11.6 Å². The molecule has 0 spiro atoms. The van der Waals surface area contributed by atoms with E-state index in [4.69, 9.17) is 16.3 Å². The molecule has 0 radical (unpaired) electrons. The normalized spacial score (nSPS) is 14.1. The van der Waals surface area contributed by atoms with Crippen molar-refractivity contribution in [3.8, 4) is 5.75 Å². The molecule has 10 heteroatoms. The number of nitrogens with zero attached hydrogens (tertiary/aromatic N) is 2. The Morgan fingerprint density at radius 2 is 1.51 bits per heavy atom. The molecule has 8 nitrogen and oxygen atoms in total. The zero-order chi connectivity index (χ0) is 34.8. The second-order valence-electron chi connectivity index (χ2n) is 12.4. The van der Waals surface area contributed by atoms with E-state index in [9.17, 15) is 18.0 Å². The van der Waals surface area contributed by atoms with Crippen LogP contribution in [0.1, 0.15) is 55.7 Å². The third-order valence-corrected chi connectivity index (χ3v) is 10.9. The molecular formula is C39H44ClN3O5S. The molecule has 2 amide bonds. The van der Waals surface area contributed by atoms with Crippen LogP contribution in [0.25, 0.3) is 0 Å². The molecule has 1 N–H and O–H groups in total. The lowest BCUT2D eigenvalue weighted by atomic mass is 9.94. The summed E-state index contributed by atoms with van der Waals surface area (Å²) in [7, 11) is -4.20. The number of hydrogen-bond donors (Lipinski definition) is 1. The summed E-state index contributed by atoms with van der Waals surface area (Å²) in [5, 5.41) is 3.78. The first-order chi connectivity index (χ1) is 23.6. The summed E-state index contributed by atoms with van der Waals surface area (Å²) in [5.41, 5.74) is 2.85. The highest BCUT2D eigenvalue weighted by atomic mass is 35.5. The minimum atomic E-state index is -4.20. The number of carbonyl (C=O) groups excluding carboxylic acids is 2. The molecule has 1 aliphatic rings. The number of anilines is 1. The Morgan fingerprint density at radius 3 is 2.14 bits per heavy atom. The fourth-order valence-corrected chi connectivity index (χ4v) is 7.67. The lowest BCUT2D eigenvalue weighted by Crippen LogP contribution is -2.55. The number of amides is 2. The van der Waals surface area contributed by atoms with Gasteiger partial charge in [-0.3, -0.25) is 13.9 Å². The maximum Gasteiger partial charge on any atom is 0.264 e. The number of carbonyl (C=O) groups is 2. The first-order valence-electron chi connectivity index (χ1n) is 16.8. The van der Waals surface area contributed by atoms with Gasteiger partial charge < -0.3 is 15.0 Å². The van der Waals surface area contributed by atoms with E-state index in [-0.39, 0.29) is 29.8 Å². The molecule has 0 aromatic heterocycles. The van der Waals surface area contributed by atoms with E-state index in [1.807, 2.05) is 56.3 Å². The van der Waals surface area contributed by atoms with Crippen LogP contribution in [0.2, 0.25) is 5.02 Å². The number of ether oxygens (including phenoxy) is 1. The third-order valence-electron chi connectivity index (χ3n) is 8.81. The van der Waals surface area contributed by atoms with E-state index in [1.165, 1.54) is 17.0 Å². The van der Waals surface area contributed by atoms with Crippen molar-refractivity contribution in [2.24, 2.45) is 0 Å². The summed E-state index contributed by atoms with van der Waals surface area (Å²) >= 11 is 6.20.